The van der Waals surface area contributed by atoms with Crippen molar-refractivity contribution in [2.45, 2.75) is 19.8 Å². The number of hydrogen-bond donors (Lipinski definition) is 0. The third-order valence-corrected chi connectivity index (χ3v) is 4.15. The fourth-order valence-corrected chi connectivity index (χ4v) is 2.86. The Kier molecular flexibility index (Phi) is 3.05. The summed E-state index contributed by atoms with van der Waals surface area (Å²) < 4.78 is 5.03. The number of ether oxygens (including phenoxy) is 1. The second-order valence-corrected chi connectivity index (χ2v) is 5.38. The molecule has 0 radical (unpaired) electrons. The van der Waals surface area contributed by atoms with Crippen LogP contribution in [-0.4, -0.2) is 18.4 Å². The first kappa shape index (κ1) is 12.9. The summed E-state index contributed by atoms with van der Waals surface area (Å²) in [5, 5.41) is 2.28. The highest BCUT2D eigenvalue weighted by Crippen LogP contribution is 2.35. The van der Waals surface area contributed by atoms with E-state index in [1.807, 2.05) is 42.5 Å². The van der Waals surface area contributed by atoms with E-state index in [-0.39, 0.29) is 11.8 Å². The molecule has 2 aromatic rings. The van der Waals surface area contributed by atoms with E-state index in [1.54, 1.807) is 0 Å². The first-order valence-electron chi connectivity index (χ1n) is 6.78. The van der Waals surface area contributed by atoms with E-state index in [0.29, 0.717) is 19.4 Å². The second-order valence-electron chi connectivity index (χ2n) is 5.38. The summed E-state index contributed by atoms with van der Waals surface area (Å²) in [5.74, 6) is -0.480. The average Bonchev–Trinajstić information content (AvgIpc) is 2.81. The molecule has 0 spiro atoms. The van der Waals surface area contributed by atoms with Crippen molar-refractivity contribution < 1.29 is 14.3 Å². The number of cyclic esters (lactones) is 1. The molecule has 0 N–H and O–H groups in total. The van der Waals surface area contributed by atoms with Gasteiger partial charge < -0.3 is 4.74 Å². The second kappa shape index (κ2) is 4.75. The molecular weight excluding hydrogens is 252 g/mol. The number of Topliss-reactive ketones (excluding diaryl/α,β-unsaturated/α-hetero) is 1. The Balaban J connectivity index is 1.99. The number of carbonyl (C=O) groups is 2. The molecule has 1 atom stereocenters. The molecule has 1 unspecified atom stereocenters. The molecule has 1 fully saturated rings. The highest BCUT2D eigenvalue weighted by molar-refractivity contribution is 6.04. The lowest BCUT2D eigenvalue weighted by molar-refractivity contribution is -0.150. The fourth-order valence-electron chi connectivity index (χ4n) is 2.86. The molecule has 1 aliphatic rings. The molecule has 1 saturated heterocycles. The van der Waals surface area contributed by atoms with Crippen LogP contribution < -0.4 is 0 Å². The van der Waals surface area contributed by atoms with E-state index in [9.17, 15) is 9.59 Å². The quantitative estimate of drug-likeness (QED) is 0.635. The largest absolute Gasteiger partial charge is 0.465 e. The van der Waals surface area contributed by atoms with Crippen LogP contribution in [0, 0.1) is 5.41 Å². The number of rotatable bonds is 3. The summed E-state index contributed by atoms with van der Waals surface area (Å²) >= 11 is 0. The SMILES string of the molecule is CC(=O)C1(Cc2ccc3ccccc3c2)CCOC1=O. The summed E-state index contributed by atoms with van der Waals surface area (Å²) in [7, 11) is 0. The third kappa shape index (κ3) is 1.99. The Labute approximate surface area is 117 Å². The molecule has 0 bridgehead atoms. The Morgan fingerprint density at radius 2 is 1.95 bits per heavy atom. The molecule has 3 nitrogen and oxygen atoms in total. The van der Waals surface area contributed by atoms with Crippen LogP contribution in [0.1, 0.15) is 18.9 Å². The number of ketones is 1. The first-order chi connectivity index (χ1) is 9.62. The predicted molar refractivity (Wildman–Crippen MR) is 76.3 cm³/mol. The minimum atomic E-state index is -0.984. The van der Waals surface area contributed by atoms with Gasteiger partial charge in [-0.2, -0.15) is 0 Å². The van der Waals surface area contributed by atoms with E-state index in [0.717, 1.165) is 16.3 Å². The molecule has 1 aliphatic heterocycles. The van der Waals surface area contributed by atoms with Gasteiger partial charge in [0.1, 0.15) is 11.2 Å². The van der Waals surface area contributed by atoms with Gasteiger partial charge in [-0.15, -0.1) is 0 Å². The molecule has 20 heavy (non-hydrogen) atoms. The number of hydrogen-bond acceptors (Lipinski definition) is 3. The molecule has 1 heterocycles. The van der Waals surface area contributed by atoms with Gasteiger partial charge in [0.05, 0.1) is 6.61 Å². The highest BCUT2D eigenvalue weighted by atomic mass is 16.5. The predicted octanol–water partition coefficient (Wildman–Crippen LogP) is 2.90. The molecule has 3 rings (SSSR count). The molecule has 102 valence electrons. The molecule has 2 aromatic carbocycles. The fraction of sp³-hybridized carbons (Fsp3) is 0.294. The number of esters is 1. The first-order valence-corrected chi connectivity index (χ1v) is 6.78. The summed E-state index contributed by atoms with van der Waals surface area (Å²) in [5.41, 5.74) is 0.0142. The van der Waals surface area contributed by atoms with Gasteiger partial charge >= 0.3 is 5.97 Å². The van der Waals surface area contributed by atoms with E-state index < -0.39 is 5.41 Å². The van der Waals surface area contributed by atoms with Gasteiger partial charge in [0, 0.05) is 6.42 Å². The number of fused-ring (bicyclic) bond motifs is 1. The van der Waals surface area contributed by atoms with Crippen molar-refractivity contribution >= 4 is 22.5 Å². The number of benzene rings is 2. The van der Waals surface area contributed by atoms with Crippen molar-refractivity contribution in [3.8, 4) is 0 Å². The van der Waals surface area contributed by atoms with E-state index in [2.05, 4.69) is 0 Å². The molecule has 0 aromatic heterocycles. The van der Waals surface area contributed by atoms with Crippen LogP contribution in [-0.2, 0) is 20.7 Å². The van der Waals surface area contributed by atoms with E-state index >= 15 is 0 Å². The Morgan fingerprint density at radius 3 is 2.60 bits per heavy atom. The maximum atomic E-state index is 12.0. The minimum Gasteiger partial charge on any atom is -0.465 e. The summed E-state index contributed by atoms with van der Waals surface area (Å²) in [6.07, 6.45) is 0.903. The van der Waals surface area contributed by atoms with Gasteiger partial charge in [-0.3, -0.25) is 9.59 Å². The van der Waals surface area contributed by atoms with Crippen molar-refractivity contribution in [3.63, 3.8) is 0 Å². The molecule has 0 aliphatic carbocycles. The zero-order chi connectivity index (χ0) is 14.2. The monoisotopic (exact) mass is 268 g/mol. The van der Waals surface area contributed by atoms with E-state index in [4.69, 9.17) is 4.74 Å². The number of carbonyl (C=O) groups excluding carboxylic acids is 2. The van der Waals surface area contributed by atoms with Crippen LogP contribution in [0.3, 0.4) is 0 Å². The van der Waals surface area contributed by atoms with Crippen molar-refractivity contribution in [2.24, 2.45) is 5.41 Å². The average molecular weight is 268 g/mol. The van der Waals surface area contributed by atoms with Gasteiger partial charge in [0.15, 0.2) is 0 Å². The zero-order valence-electron chi connectivity index (χ0n) is 11.4. The molecule has 0 amide bonds. The van der Waals surface area contributed by atoms with Crippen molar-refractivity contribution in [1.29, 1.82) is 0 Å². The Hall–Kier alpha value is -2.16. The van der Waals surface area contributed by atoms with Crippen LogP contribution in [0.15, 0.2) is 42.5 Å². The third-order valence-electron chi connectivity index (χ3n) is 4.15. The Bertz CT molecular complexity index is 689. The summed E-state index contributed by atoms with van der Waals surface area (Å²) in [4.78, 5) is 23.9. The maximum Gasteiger partial charge on any atom is 0.320 e. The maximum absolute atomic E-state index is 12.0. The van der Waals surface area contributed by atoms with Gasteiger partial charge in [0.25, 0.3) is 0 Å². The van der Waals surface area contributed by atoms with Crippen LogP contribution in [0.2, 0.25) is 0 Å². The van der Waals surface area contributed by atoms with Crippen molar-refractivity contribution in [3.05, 3.63) is 48.0 Å². The minimum absolute atomic E-state index is 0.104. The standard InChI is InChI=1S/C17H16O3/c1-12(18)17(8-9-20-16(17)19)11-13-6-7-14-4-2-3-5-15(14)10-13/h2-7,10H,8-9,11H2,1H3. The van der Waals surface area contributed by atoms with Crippen molar-refractivity contribution in [1.82, 2.24) is 0 Å². The van der Waals surface area contributed by atoms with Crippen LogP contribution >= 0.6 is 0 Å². The topological polar surface area (TPSA) is 43.4 Å². The highest BCUT2D eigenvalue weighted by Gasteiger charge is 2.48. The van der Waals surface area contributed by atoms with Gasteiger partial charge in [0.2, 0.25) is 0 Å². The summed E-state index contributed by atoms with van der Waals surface area (Å²) in [6, 6.07) is 14.1. The normalized spacial score (nSPS) is 21.9. The lowest BCUT2D eigenvalue weighted by Gasteiger charge is -2.21. The molecular formula is C17H16O3. The molecule has 0 saturated carbocycles. The molecule has 3 heteroatoms. The lowest BCUT2D eigenvalue weighted by Crippen LogP contribution is -2.36. The Morgan fingerprint density at radius 1 is 1.20 bits per heavy atom. The van der Waals surface area contributed by atoms with Crippen molar-refractivity contribution in [2.75, 3.05) is 6.61 Å². The zero-order valence-corrected chi connectivity index (χ0v) is 11.4. The van der Waals surface area contributed by atoms with Crippen LogP contribution in [0.4, 0.5) is 0 Å². The lowest BCUT2D eigenvalue weighted by atomic mass is 9.77. The van der Waals surface area contributed by atoms with Gasteiger partial charge in [-0.25, -0.2) is 0 Å². The van der Waals surface area contributed by atoms with Crippen LogP contribution in [0.25, 0.3) is 10.8 Å². The van der Waals surface area contributed by atoms with Gasteiger partial charge in [-0.1, -0.05) is 42.5 Å². The smallest absolute Gasteiger partial charge is 0.320 e. The van der Waals surface area contributed by atoms with Gasteiger partial charge in [-0.05, 0) is 29.7 Å². The van der Waals surface area contributed by atoms with E-state index in [1.165, 1.54) is 6.92 Å². The van der Waals surface area contributed by atoms with Crippen LogP contribution in [0.5, 0.6) is 0 Å². The summed E-state index contributed by atoms with van der Waals surface area (Å²) in [6.45, 7) is 1.82.